The maximum atomic E-state index is 12.1. The lowest BCUT2D eigenvalue weighted by Gasteiger charge is -2.13. The van der Waals surface area contributed by atoms with E-state index < -0.39 is 22.0 Å². The SMILES string of the molecule is CS(=O)(=O)NC1(C(F)F)CC1. The monoisotopic (exact) mass is 185 g/mol. The molecule has 1 aliphatic carbocycles. The number of hydrogen-bond donors (Lipinski definition) is 1. The molecule has 0 unspecified atom stereocenters. The van der Waals surface area contributed by atoms with E-state index in [1.54, 1.807) is 0 Å². The van der Waals surface area contributed by atoms with Crippen LogP contribution in [0.2, 0.25) is 0 Å². The molecule has 0 spiro atoms. The lowest BCUT2D eigenvalue weighted by Crippen LogP contribution is -2.41. The van der Waals surface area contributed by atoms with E-state index in [1.807, 2.05) is 4.72 Å². The Kier molecular flexibility index (Phi) is 1.92. The van der Waals surface area contributed by atoms with Crippen molar-refractivity contribution in [2.45, 2.75) is 24.8 Å². The van der Waals surface area contributed by atoms with Crippen LogP contribution in [0.5, 0.6) is 0 Å². The first-order valence-electron chi connectivity index (χ1n) is 3.13. The predicted octanol–water partition coefficient (Wildman–Crippen LogP) is 0.333. The van der Waals surface area contributed by atoms with Crippen molar-refractivity contribution in [1.82, 2.24) is 4.72 Å². The van der Waals surface area contributed by atoms with E-state index in [4.69, 9.17) is 0 Å². The highest BCUT2D eigenvalue weighted by Gasteiger charge is 2.52. The Labute approximate surface area is 63.8 Å². The molecule has 6 heteroatoms. The van der Waals surface area contributed by atoms with E-state index in [-0.39, 0.29) is 12.8 Å². The third-order valence-electron chi connectivity index (χ3n) is 1.60. The lowest BCUT2D eigenvalue weighted by atomic mass is 10.3. The maximum absolute atomic E-state index is 12.1. The zero-order valence-electron chi connectivity index (χ0n) is 5.97. The zero-order valence-corrected chi connectivity index (χ0v) is 6.79. The van der Waals surface area contributed by atoms with Crippen molar-refractivity contribution in [3.8, 4) is 0 Å². The van der Waals surface area contributed by atoms with Crippen LogP contribution in [0.3, 0.4) is 0 Å². The van der Waals surface area contributed by atoms with Crippen LogP contribution < -0.4 is 4.72 Å². The number of rotatable bonds is 3. The minimum atomic E-state index is -3.49. The first-order valence-corrected chi connectivity index (χ1v) is 5.02. The van der Waals surface area contributed by atoms with Crippen LogP contribution in [0, 0.1) is 0 Å². The van der Waals surface area contributed by atoms with Gasteiger partial charge in [-0.3, -0.25) is 0 Å². The van der Waals surface area contributed by atoms with Crippen LogP contribution in [0.1, 0.15) is 12.8 Å². The van der Waals surface area contributed by atoms with Crippen LogP contribution in [-0.4, -0.2) is 26.6 Å². The van der Waals surface area contributed by atoms with Gasteiger partial charge in [-0.2, -0.15) is 0 Å². The minimum absolute atomic E-state index is 0.234. The van der Waals surface area contributed by atoms with Gasteiger partial charge in [0.25, 0.3) is 6.43 Å². The molecule has 0 bridgehead atoms. The van der Waals surface area contributed by atoms with Gasteiger partial charge < -0.3 is 0 Å². The van der Waals surface area contributed by atoms with Crippen molar-refractivity contribution in [2.75, 3.05) is 6.26 Å². The van der Waals surface area contributed by atoms with Crippen molar-refractivity contribution < 1.29 is 17.2 Å². The Morgan fingerprint density at radius 3 is 2.00 bits per heavy atom. The molecule has 0 aromatic carbocycles. The summed E-state index contributed by atoms with van der Waals surface area (Å²) in [6, 6.07) is 0. The molecule has 0 radical (unpaired) electrons. The summed E-state index contributed by atoms with van der Waals surface area (Å²) in [5.41, 5.74) is -1.44. The van der Waals surface area contributed by atoms with Crippen LogP contribution in [0.25, 0.3) is 0 Å². The average Bonchev–Trinajstić information content (AvgIpc) is 2.43. The van der Waals surface area contributed by atoms with Gasteiger partial charge in [-0.25, -0.2) is 21.9 Å². The Hall–Kier alpha value is -0.230. The van der Waals surface area contributed by atoms with Crippen molar-refractivity contribution in [2.24, 2.45) is 0 Å². The highest BCUT2D eigenvalue weighted by Crippen LogP contribution is 2.41. The smallest absolute Gasteiger partial charge is 0.213 e. The first kappa shape index (κ1) is 8.86. The molecule has 11 heavy (non-hydrogen) atoms. The van der Waals surface area contributed by atoms with Gasteiger partial charge >= 0.3 is 0 Å². The Balaban J connectivity index is 2.63. The third kappa shape index (κ3) is 2.10. The highest BCUT2D eigenvalue weighted by atomic mass is 32.2. The summed E-state index contributed by atoms with van der Waals surface area (Å²) >= 11 is 0. The molecule has 0 aromatic rings. The Morgan fingerprint density at radius 1 is 1.45 bits per heavy atom. The Morgan fingerprint density at radius 2 is 1.91 bits per heavy atom. The molecule has 0 saturated heterocycles. The third-order valence-corrected chi connectivity index (χ3v) is 2.37. The Bertz CT molecular complexity index is 245. The summed E-state index contributed by atoms with van der Waals surface area (Å²) < 4.78 is 47.2. The van der Waals surface area contributed by atoms with Crippen molar-refractivity contribution >= 4 is 10.0 Å². The molecule has 0 aliphatic heterocycles. The average molecular weight is 185 g/mol. The number of sulfonamides is 1. The van der Waals surface area contributed by atoms with Crippen LogP contribution in [0.15, 0.2) is 0 Å². The lowest BCUT2D eigenvalue weighted by molar-refractivity contribution is 0.0971. The number of nitrogens with one attached hydrogen (secondary N) is 1. The topological polar surface area (TPSA) is 46.2 Å². The summed E-state index contributed by atoms with van der Waals surface area (Å²) in [4.78, 5) is 0. The normalized spacial score (nSPS) is 22.2. The van der Waals surface area contributed by atoms with Crippen molar-refractivity contribution in [3.05, 3.63) is 0 Å². The summed E-state index contributed by atoms with van der Waals surface area (Å²) in [7, 11) is -3.49. The van der Waals surface area contributed by atoms with Crippen LogP contribution in [-0.2, 0) is 10.0 Å². The number of alkyl halides is 2. The summed E-state index contributed by atoms with van der Waals surface area (Å²) in [5, 5.41) is 0. The quantitative estimate of drug-likeness (QED) is 0.688. The van der Waals surface area contributed by atoms with Crippen molar-refractivity contribution in [1.29, 1.82) is 0 Å². The van der Waals surface area contributed by atoms with Crippen LogP contribution in [0.4, 0.5) is 8.78 Å². The van der Waals surface area contributed by atoms with Gasteiger partial charge in [-0.15, -0.1) is 0 Å². The number of halogens is 2. The van der Waals surface area contributed by atoms with E-state index in [1.165, 1.54) is 0 Å². The van der Waals surface area contributed by atoms with Gasteiger partial charge in [0.05, 0.1) is 11.8 Å². The second kappa shape index (κ2) is 2.38. The molecule has 1 saturated carbocycles. The van der Waals surface area contributed by atoms with Gasteiger partial charge in [0.2, 0.25) is 10.0 Å². The fourth-order valence-electron chi connectivity index (χ4n) is 0.869. The van der Waals surface area contributed by atoms with E-state index in [9.17, 15) is 17.2 Å². The molecule has 0 atom stereocenters. The first-order chi connectivity index (χ1) is 4.86. The largest absolute Gasteiger partial charge is 0.257 e. The summed E-state index contributed by atoms with van der Waals surface area (Å²) in [6.07, 6.45) is -1.25. The molecule has 1 rings (SSSR count). The molecular weight excluding hydrogens is 176 g/mol. The van der Waals surface area contributed by atoms with Gasteiger partial charge in [-0.1, -0.05) is 0 Å². The molecular formula is C5H9F2NO2S. The molecule has 0 heterocycles. The van der Waals surface area contributed by atoms with Crippen LogP contribution >= 0.6 is 0 Å². The maximum Gasteiger partial charge on any atom is 0.257 e. The molecule has 0 amide bonds. The molecule has 3 nitrogen and oxygen atoms in total. The molecule has 1 N–H and O–H groups in total. The van der Waals surface area contributed by atoms with Gasteiger partial charge in [-0.05, 0) is 12.8 Å². The van der Waals surface area contributed by atoms with Gasteiger partial charge in [0.15, 0.2) is 0 Å². The van der Waals surface area contributed by atoms with E-state index >= 15 is 0 Å². The molecule has 66 valence electrons. The van der Waals surface area contributed by atoms with E-state index in [0.29, 0.717) is 0 Å². The van der Waals surface area contributed by atoms with Gasteiger partial charge in [0, 0.05) is 0 Å². The summed E-state index contributed by atoms with van der Waals surface area (Å²) in [6.45, 7) is 0. The fraction of sp³-hybridized carbons (Fsp3) is 1.00. The second-order valence-electron chi connectivity index (χ2n) is 2.83. The highest BCUT2D eigenvalue weighted by molar-refractivity contribution is 7.88. The second-order valence-corrected chi connectivity index (χ2v) is 4.58. The fourth-order valence-corrected chi connectivity index (χ4v) is 1.90. The predicted molar refractivity (Wildman–Crippen MR) is 35.9 cm³/mol. The zero-order chi connectivity index (χ0) is 8.70. The standard InChI is InChI=1S/C5H9F2NO2S/c1-11(9,10)8-5(2-3-5)4(6)7/h4,8H,2-3H2,1H3. The van der Waals surface area contributed by atoms with Gasteiger partial charge in [0.1, 0.15) is 0 Å². The number of hydrogen-bond acceptors (Lipinski definition) is 2. The minimum Gasteiger partial charge on any atom is -0.213 e. The van der Waals surface area contributed by atoms with Crippen molar-refractivity contribution in [3.63, 3.8) is 0 Å². The molecule has 0 aromatic heterocycles. The van der Waals surface area contributed by atoms with E-state index in [0.717, 1.165) is 6.26 Å². The molecule has 1 fully saturated rings. The molecule has 1 aliphatic rings. The van der Waals surface area contributed by atoms with E-state index in [2.05, 4.69) is 0 Å². The summed E-state index contributed by atoms with van der Waals surface area (Å²) in [5.74, 6) is 0.